The summed E-state index contributed by atoms with van der Waals surface area (Å²) in [4.78, 5) is 22.6. The van der Waals surface area contributed by atoms with Gasteiger partial charge in [-0.3, -0.25) is 9.59 Å². The van der Waals surface area contributed by atoms with Crippen LogP contribution in [0.3, 0.4) is 0 Å². The zero-order valence-electron chi connectivity index (χ0n) is 9.18. The maximum Gasteiger partial charge on any atom is 0.323 e. The molecule has 6 heteroatoms. The number of carbonyl (C=O) groups is 2. The third-order valence-electron chi connectivity index (χ3n) is 2.15. The van der Waals surface area contributed by atoms with Gasteiger partial charge >= 0.3 is 11.9 Å². The van der Waals surface area contributed by atoms with Gasteiger partial charge in [0, 0.05) is 10.7 Å². The molecule has 5 nitrogen and oxygen atoms in total. The summed E-state index contributed by atoms with van der Waals surface area (Å²) in [6.07, 6.45) is 0. The standard InChI is InChI=1S/C11H12ClNO4/c1-7-4-8(12)2-3-9(7)13(5-10(14)15)6-11(16)17/h2-4H,5-6H2,1H3,(H,14,15)(H,16,17). The van der Waals surface area contributed by atoms with E-state index in [0.717, 1.165) is 5.56 Å². The van der Waals surface area contributed by atoms with Crippen LogP contribution in [0.4, 0.5) is 5.69 Å². The van der Waals surface area contributed by atoms with Crippen molar-refractivity contribution in [2.45, 2.75) is 6.92 Å². The Labute approximate surface area is 103 Å². The van der Waals surface area contributed by atoms with E-state index >= 15 is 0 Å². The van der Waals surface area contributed by atoms with Crippen molar-refractivity contribution in [2.75, 3.05) is 18.0 Å². The van der Waals surface area contributed by atoms with E-state index < -0.39 is 11.9 Å². The summed E-state index contributed by atoms with van der Waals surface area (Å²) in [5.41, 5.74) is 1.29. The predicted octanol–water partition coefficient (Wildman–Crippen LogP) is 1.62. The number of halogens is 1. The first-order chi connectivity index (χ1) is 7.90. The molecule has 0 bridgehead atoms. The molecule has 0 heterocycles. The molecule has 0 aromatic heterocycles. The number of hydrogen-bond acceptors (Lipinski definition) is 3. The molecule has 92 valence electrons. The second-order valence-corrected chi connectivity index (χ2v) is 4.01. The molecule has 0 aliphatic rings. The van der Waals surface area contributed by atoms with Crippen LogP contribution < -0.4 is 4.90 Å². The smallest absolute Gasteiger partial charge is 0.323 e. The number of hydrogen-bond donors (Lipinski definition) is 2. The third kappa shape index (κ3) is 3.96. The van der Waals surface area contributed by atoms with E-state index in [9.17, 15) is 9.59 Å². The van der Waals surface area contributed by atoms with Crippen LogP contribution in [0.15, 0.2) is 18.2 Å². The molecule has 1 aromatic carbocycles. The summed E-state index contributed by atoms with van der Waals surface area (Å²) in [5, 5.41) is 18.0. The fourth-order valence-corrected chi connectivity index (χ4v) is 1.75. The van der Waals surface area contributed by atoms with E-state index in [4.69, 9.17) is 21.8 Å². The molecule has 0 aliphatic carbocycles. The number of carboxylic acids is 2. The molecule has 1 rings (SSSR count). The zero-order chi connectivity index (χ0) is 13.0. The molecule has 0 saturated carbocycles. The molecule has 1 aromatic rings. The number of benzene rings is 1. The number of rotatable bonds is 5. The zero-order valence-corrected chi connectivity index (χ0v) is 9.94. The summed E-state index contributed by atoms with van der Waals surface area (Å²) < 4.78 is 0. The molecule has 0 saturated heterocycles. The third-order valence-corrected chi connectivity index (χ3v) is 2.39. The van der Waals surface area contributed by atoms with E-state index in [2.05, 4.69) is 0 Å². The van der Waals surface area contributed by atoms with Gasteiger partial charge in [-0.25, -0.2) is 0 Å². The molecule has 0 radical (unpaired) electrons. The molecule has 0 amide bonds. The van der Waals surface area contributed by atoms with E-state index in [-0.39, 0.29) is 13.1 Å². The first-order valence-electron chi connectivity index (χ1n) is 4.85. The Hall–Kier alpha value is -1.75. The molecule has 0 aliphatic heterocycles. The van der Waals surface area contributed by atoms with E-state index in [1.165, 1.54) is 4.90 Å². The molecule has 0 atom stereocenters. The van der Waals surface area contributed by atoms with E-state index in [1.807, 2.05) is 0 Å². The summed E-state index contributed by atoms with van der Waals surface area (Å²) in [5.74, 6) is -2.17. The number of aryl methyl sites for hydroxylation is 1. The van der Waals surface area contributed by atoms with Crippen LogP contribution in [-0.4, -0.2) is 35.2 Å². The number of carboxylic acid groups (broad SMARTS) is 2. The van der Waals surface area contributed by atoms with Crippen molar-refractivity contribution >= 4 is 29.2 Å². The Bertz CT molecular complexity index is 431. The van der Waals surface area contributed by atoms with Crippen LogP contribution in [-0.2, 0) is 9.59 Å². The fraction of sp³-hybridized carbons (Fsp3) is 0.273. The van der Waals surface area contributed by atoms with Crippen LogP contribution in [0.25, 0.3) is 0 Å². The molecule has 0 spiro atoms. The quantitative estimate of drug-likeness (QED) is 0.838. The predicted molar refractivity (Wildman–Crippen MR) is 63.7 cm³/mol. The summed E-state index contributed by atoms with van der Waals surface area (Å²) in [6, 6.07) is 4.87. The van der Waals surface area contributed by atoms with Crippen LogP contribution in [0.2, 0.25) is 5.02 Å². The Balaban J connectivity index is 3.02. The second-order valence-electron chi connectivity index (χ2n) is 3.57. The SMILES string of the molecule is Cc1cc(Cl)ccc1N(CC(=O)O)CC(=O)O. The Morgan fingerprint density at radius 2 is 1.76 bits per heavy atom. The number of aliphatic carboxylic acids is 2. The minimum absolute atomic E-state index is 0.366. The molecule has 0 unspecified atom stereocenters. The molecular weight excluding hydrogens is 246 g/mol. The average molecular weight is 258 g/mol. The van der Waals surface area contributed by atoms with Crippen LogP contribution in [0.1, 0.15) is 5.56 Å². The van der Waals surface area contributed by atoms with Gasteiger partial charge in [0.15, 0.2) is 0 Å². The van der Waals surface area contributed by atoms with Gasteiger partial charge in [0.1, 0.15) is 13.1 Å². The molecule has 17 heavy (non-hydrogen) atoms. The molecule has 2 N–H and O–H groups in total. The Morgan fingerprint density at radius 1 is 1.24 bits per heavy atom. The number of anilines is 1. The van der Waals surface area contributed by atoms with Gasteiger partial charge in [-0.2, -0.15) is 0 Å². The van der Waals surface area contributed by atoms with Gasteiger partial charge in [0.05, 0.1) is 0 Å². The topological polar surface area (TPSA) is 77.8 Å². The van der Waals surface area contributed by atoms with Gasteiger partial charge in [-0.15, -0.1) is 0 Å². The lowest BCUT2D eigenvalue weighted by Gasteiger charge is -2.22. The number of nitrogens with zero attached hydrogens (tertiary/aromatic N) is 1. The van der Waals surface area contributed by atoms with Crippen molar-refractivity contribution in [1.29, 1.82) is 0 Å². The summed E-state index contributed by atoms with van der Waals surface area (Å²) in [7, 11) is 0. The first-order valence-corrected chi connectivity index (χ1v) is 5.22. The lowest BCUT2D eigenvalue weighted by Crippen LogP contribution is -2.34. The summed E-state index contributed by atoms with van der Waals surface area (Å²) >= 11 is 5.78. The Morgan fingerprint density at radius 3 is 2.18 bits per heavy atom. The van der Waals surface area contributed by atoms with E-state index in [0.29, 0.717) is 10.7 Å². The highest BCUT2D eigenvalue weighted by molar-refractivity contribution is 6.30. The van der Waals surface area contributed by atoms with Gasteiger partial charge in [0.25, 0.3) is 0 Å². The maximum absolute atomic E-state index is 10.7. The van der Waals surface area contributed by atoms with Gasteiger partial charge in [-0.1, -0.05) is 11.6 Å². The van der Waals surface area contributed by atoms with E-state index in [1.54, 1.807) is 25.1 Å². The maximum atomic E-state index is 10.7. The van der Waals surface area contributed by atoms with Crippen molar-refractivity contribution in [3.63, 3.8) is 0 Å². The van der Waals surface area contributed by atoms with Gasteiger partial charge in [0.2, 0.25) is 0 Å². The molecular formula is C11H12ClNO4. The van der Waals surface area contributed by atoms with Crippen LogP contribution in [0.5, 0.6) is 0 Å². The fourth-order valence-electron chi connectivity index (χ4n) is 1.53. The van der Waals surface area contributed by atoms with Crippen molar-refractivity contribution in [2.24, 2.45) is 0 Å². The van der Waals surface area contributed by atoms with Crippen LogP contribution >= 0.6 is 11.6 Å². The second kappa shape index (κ2) is 5.54. The first kappa shape index (κ1) is 13.3. The van der Waals surface area contributed by atoms with Gasteiger partial charge < -0.3 is 15.1 Å². The normalized spacial score (nSPS) is 10.0. The average Bonchev–Trinajstić information content (AvgIpc) is 2.14. The van der Waals surface area contributed by atoms with Gasteiger partial charge in [-0.05, 0) is 30.7 Å². The van der Waals surface area contributed by atoms with Crippen LogP contribution in [0, 0.1) is 6.92 Å². The largest absolute Gasteiger partial charge is 0.480 e. The lowest BCUT2D eigenvalue weighted by atomic mass is 10.2. The minimum Gasteiger partial charge on any atom is -0.480 e. The lowest BCUT2D eigenvalue weighted by molar-refractivity contribution is -0.136. The van der Waals surface area contributed by atoms with Crippen molar-refractivity contribution in [1.82, 2.24) is 0 Å². The monoisotopic (exact) mass is 257 g/mol. The van der Waals surface area contributed by atoms with Crippen molar-refractivity contribution < 1.29 is 19.8 Å². The molecule has 0 fully saturated rings. The Kier molecular flexibility index (Phi) is 4.34. The van der Waals surface area contributed by atoms with Crippen molar-refractivity contribution in [3.8, 4) is 0 Å². The minimum atomic E-state index is -1.08. The highest BCUT2D eigenvalue weighted by atomic mass is 35.5. The highest BCUT2D eigenvalue weighted by Crippen LogP contribution is 2.23. The highest BCUT2D eigenvalue weighted by Gasteiger charge is 2.15. The van der Waals surface area contributed by atoms with Crippen molar-refractivity contribution in [3.05, 3.63) is 28.8 Å². The summed E-state index contributed by atoms with van der Waals surface area (Å²) in [6.45, 7) is 1.02.